The van der Waals surface area contributed by atoms with Gasteiger partial charge in [0.05, 0.1) is 0 Å². The number of aromatic nitrogens is 2. The van der Waals surface area contributed by atoms with Crippen LogP contribution in [0.25, 0.3) is 0 Å². The van der Waals surface area contributed by atoms with E-state index < -0.39 is 0 Å². The van der Waals surface area contributed by atoms with E-state index in [0.717, 1.165) is 24.6 Å². The zero-order chi connectivity index (χ0) is 18.5. The Morgan fingerprint density at radius 3 is 2.73 bits per heavy atom. The van der Waals surface area contributed by atoms with Gasteiger partial charge in [-0.1, -0.05) is 36.8 Å². The predicted octanol–water partition coefficient (Wildman–Crippen LogP) is 3.82. The monoisotopic (exact) mass is 369 g/mol. The highest BCUT2D eigenvalue weighted by Crippen LogP contribution is 2.22. The van der Waals surface area contributed by atoms with Crippen LogP contribution in [0.15, 0.2) is 30.3 Å². The minimum Gasteiger partial charge on any atom is -0.358 e. The molecule has 26 heavy (non-hydrogen) atoms. The molecule has 0 saturated carbocycles. The summed E-state index contributed by atoms with van der Waals surface area (Å²) in [6, 6.07) is 10.4. The number of nitrogens with zero attached hydrogens (tertiary/aromatic N) is 3. The first kappa shape index (κ1) is 18.6. The van der Waals surface area contributed by atoms with Gasteiger partial charge in [-0.15, -0.1) is 0 Å². The lowest BCUT2D eigenvalue weighted by molar-refractivity contribution is 0.444. The fourth-order valence-corrected chi connectivity index (χ4v) is 3.36. The molecule has 6 heteroatoms. The number of aryl methyl sites for hydroxylation is 2. The molecule has 3 rings (SSSR count). The van der Waals surface area contributed by atoms with Gasteiger partial charge in [-0.2, -0.15) is 4.98 Å². The Morgan fingerprint density at radius 1 is 1.23 bits per heavy atom. The van der Waals surface area contributed by atoms with Crippen molar-refractivity contribution < 1.29 is 0 Å². The zero-order valence-electron chi connectivity index (χ0n) is 15.7. The third-order valence-corrected chi connectivity index (χ3v) is 4.87. The molecule has 1 aromatic heterocycles. The maximum atomic E-state index is 5.41. The van der Waals surface area contributed by atoms with Crippen LogP contribution in [0.2, 0.25) is 0 Å². The number of nitrogens with one attached hydrogen (secondary N) is 2. The molecule has 0 radical (unpaired) electrons. The van der Waals surface area contributed by atoms with E-state index in [1.165, 1.54) is 24.0 Å². The highest BCUT2D eigenvalue weighted by atomic mass is 32.1. The van der Waals surface area contributed by atoms with Crippen molar-refractivity contribution in [1.82, 2.24) is 15.3 Å². The maximum absolute atomic E-state index is 5.41. The number of benzene rings is 1. The van der Waals surface area contributed by atoms with E-state index in [9.17, 15) is 0 Å². The second-order valence-corrected chi connectivity index (χ2v) is 7.59. The van der Waals surface area contributed by atoms with E-state index in [-0.39, 0.29) is 0 Å². The van der Waals surface area contributed by atoms with E-state index in [1.54, 1.807) is 0 Å². The molecule has 5 nitrogen and oxygen atoms in total. The lowest BCUT2D eigenvalue weighted by Gasteiger charge is -2.32. The molecule has 2 aromatic rings. The summed E-state index contributed by atoms with van der Waals surface area (Å²) in [5.74, 6) is 2.24. The van der Waals surface area contributed by atoms with Crippen molar-refractivity contribution in [2.24, 2.45) is 5.92 Å². The van der Waals surface area contributed by atoms with Crippen LogP contribution in [-0.2, 0) is 6.54 Å². The van der Waals surface area contributed by atoms with Gasteiger partial charge in [-0.05, 0) is 50.4 Å². The molecule has 1 aliphatic rings. The predicted molar refractivity (Wildman–Crippen MR) is 112 cm³/mol. The fraction of sp³-hybridized carbons (Fsp3) is 0.450. The van der Waals surface area contributed by atoms with Crippen molar-refractivity contribution in [3.8, 4) is 0 Å². The average molecular weight is 370 g/mol. The molecule has 1 saturated heterocycles. The highest BCUT2D eigenvalue weighted by molar-refractivity contribution is 7.80. The van der Waals surface area contributed by atoms with Gasteiger partial charge in [-0.25, -0.2) is 4.98 Å². The molecular weight excluding hydrogens is 342 g/mol. The van der Waals surface area contributed by atoms with Crippen LogP contribution >= 0.6 is 12.2 Å². The molecule has 0 amide bonds. The molecule has 1 aromatic carbocycles. The summed E-state index contributed by atoms with van der Waals surface area (Å²) in [7, 11) is 0. The van der Waals surface area contributed by atoms with Crippen LogP contribution in [0.1, 0.15) is 36.6 Å². The minimum absolute atomic E-state index is 0.536. The van der Waals surface area contributed by atoms with Crippen molar-refractivity contribution in [1.29, 1.82) is 0 Å². The Kier molecular flexibility index (Phi) is 6.04. The molecule has 0 aliphatic carbocycles. The van der Waals surface area contributed by atoms with Crippen molar-refractivity contribution in [2.45, 2.75) is 40.2 Å². The van der Waals surface area contributed by atoms with Crippen LogP contribution in [0, 0.1) is 19.8 Å². The van der Waals surface area contributed by atoms with Crippen molar-refractivity contribution in [2.75, 3.05) is 23.3 Å². The Labute approximate surface area is 161 Å². The molecule has 1 fully saturated rings. The number of hydrogen-bond donors (Lipinski definition) is 2. The molecular formula is C20H27N5S. The summed E-state index contributed by atoms with van der Waals surface area (Å²) in [6.07, 6.45) is 2.50. The van der Waals surface area contributed by atoms with Crippen LogP contribution in [0.3, 0.4) is 0 Å². The van der Waals surface area contributed by atoms with Gasteiger partial charge in [0, 0.05) is 31.4 Å². The van der Waals surface area contributed by atoms with Crippen LogP contribution < -0.4 is 15.5 Å². The first-order valence-electron chi connectivity index (χ1n) is 9.20. The van der Waals surface area contributed by atoms with Gasteiger partial charge in [0.25, 0.3) is 0 Å². The Bertz CT molecular complexity index is 759. The number of hydrogen-bond acceptors (Lipinski definition) is 4. The smallest absolute Gasteiger partial charge is 0.231 e. The molecule has 1 unspecified atom stereocenters. The van der Waals surface area contributed by atoms with Gasteiger partial charge in [0.15, 0.2) is 5.11 Å². The quantitative estimate of drug-likeness (QED) is 0.799. The molecule has 2 heterocycles. The lowest BCUT2D eigenvalue weighted by atomic mass is 10.0. The number of piperidine rings is 1. The van der Waals surface area contributed by atoms with E-state index >= 15 is 0 Å². The molecule has 1 atom stereocenters. The van der Waals surface area contributed by atoms with Crippen molar-refractivity contribution in [3.63, 3.8) is 0 Å². The topological polar surface area (TPSA) is 53.1 Å². The fourth-order valence-electron chi connectivity index (χ4n) is 3.20. The summed E-state index contributed by atoms with van der Waals surface area (Å²) >= 11 is 5.41. The average Bonchev–Trinajstić information content (AvgIpc) is 2.61. The largest absolute Gasteiger partial charge is 0.358 e. The van der Waals surface area contributed by atoms with E-state index in [1.807, 2.05) is 13.0 Å². The van der Waals surface area contributed by atoms with Crippen LogP contribution in [0.5, 0.6) is 0 Å². The normalized spacial score (nSPS) is 17.0. The Morgan fingerprint density at radius 2 is 2.00 bits per heavy atom. The van der Waals surface area contributed by atoms with Gasteiger partial charge in [0.1, 0.15) is 5.82 Å². The first-order chi connectivity index (χ1) is 12.5. The number of rotatable bonds is 4. The number of anilines is 2. The third kappa shape index (κ3) is 5.14. The second kappa shape index (κ2) is 8.45. The SMILES string of the molecule is Cc1ccc(CNC(=S)Nc2nc(C)cc(N3CCCC(C)C3)n2)cc1. The summed E-state index contributed by atoms with van der Waals surface area (Å²) in [4.78, 5) is 11.5. The van der Waals surface area contributed by atoms with Crippen molar-refractivity contribution >= 4 is 29.1 Å². The zero-order valence-corrected chi connectivity index (χ0v) is 16.6. The summed E-state index contributed by atoms with van der Waals surface area (Å²) in [5.41, 5.74) is 3.38. The van der Waals surface area contributed by atoms with Gasteiger partial charge < -0.3 is 15.5 Å². The van der Waals surface area contributed by atoms with Gasteiger partial charge in [0.2, 0.25) is 5.95 Å². The third-order valence-electron chi connectivity index (χ3n) is 4.62. The Balaban J connectivity index is 1.61. The molecule has 0 bridgehead atoms. The first-order valence-corrected chi connectivity index (χ1v) is 9.61. The minimum atomic E-state index is 0.536. The molecule has 138 valence electrons. The van der Waals surface area contributed by atoms with Gasteiger partial charge in [-0.3, -0.25) is 0 Å². The lowest BCUT2D eigenvalue weighted by Crippen LogP contribution is -2.35. The van der Waals surface area contributed by atoms with Crippen LogP contribution in [-0.4, -0.2) is 28.2 Å². The molecule has 1 aliphatic heterocycles. The number of thiocarbonyl (C=S) groups is 1. The van der Waals surface area contributed by atoms with E-state index in [0.29, 0.717) is 23.5 Å². The summed E-state index contributed by atoms with van der Waals surface area (Å²) in [5, 5.41) is 6.88. The molecule has 0 spiro atoms. The van der Waals surface area contributed by atoms with Crippen LogP contribution in [0.4, 0.5) is 11.8 Å². The summed E-state index contributed by atoms with van der Waals surface area (Å²) in [6.45, 7) is 9.14. The van der Waals surface area contributed by atoms with Crippen molar-refractivity contribution in [3.05, 3.63) is 47.2 Å². The second-order valence-electron chi connectivity index (χ2n) is 7.18. The maximum Gasteiger partial charge on any atom is 0.231 e. The molecule has 2 N–H and O–H groups in total. The Hall–Kier alpha value is -2.21. The standard InChI is InChI=1S/C20H27N5S/c1-14-6-8-17(9-7-14)12-21-20(26)24-19-22-16(3)11-18(23-19)25-10-4-5-15(2)13-25/h6-9,11,15H,4-5,10,12-13H2,1-3H3,(H2,21,22,23,24,26). The summed E-state index contributed by atoms with van der Waals surface area (Å²) < 4.78 is 0. The van der Waals surface area contributed by atoms with Gasteiger partial charge >= 0.3 is 0 Å². The highest BCUT2D eigenvalue weighted by Gasteiger charge is 2.18. The van der Waals surface area contributed by atoms with E-state index in [2.05, 4.69) is 63.6 Å². The van der Waals surface area contributed by atoms with E-state index in [4.69, 9.17) is 12.2 Å².